The Morgan fingerprint density at radius 2 is 1.29 bits per heavy atom. The standard InChI is InChI=1S/C48H65FO13/c1-9-10-11-14-32-17-19-34(20-18-32)35-21-22-39(40(49)27-35)38-25-36(15-12-23-58-42(50)31(2)3)41(37(26-38)16-13-24-59-47(55)48(4,5)6)60-28-33(29-61-45(53)43(51)56-7)30-62-46(54)44(52)57-8/h21-22,25-27,32-34H,2,9-20,23-24,28-30H2,1,3-8H3. The minimum Gasteiger partial charge on any atom is -0.492 e. The van der Waals surface area contributed by atoms with Gasteiger partial charge in [-0.25, -0.2) is 28.4 Å². The van der Waals surface area contributed by atoms with E-state index in [-0.39, 0.29) is 43.1 Å². The summed E-state index contributed by atoms with van der Waals surface area (Å²) in [6, 6.07) is 9.07. The molecule has 13 nitrogen and oxygen atoms in total. The van der Waals surface area contributed by atoms with Gasteiger partial charge in [-0.1, -0.05) is 51.3 Å². The summed E-state index contributed by atoms with van der Waals surface area (Å²) in [7, 11) is 2.03. The molecule has 1 fully saturated rings. The van der Waals surface area contributed by atoms with Crippen molar-refractivity contribution in [2.75, 3.05) is 47.3 Å². The van der Waals surface area contributed by atoms with Crippen LogP contribution in [0.2, 0.25) is 0 Å². The smallest absolute Gasteiger partial charge is 0.417 e. The summed E-state index contributed by atoms with van der Waals surface area (Å²) in [5, 5.41) is 0. The van der Waals surface area contributed by atoms with Gasteiger partial charge in [0, 0.05) is 11.1 Å². The van der Waals surface area contributed by atoms with Crippen LogP contribution in [0, 0.1) is 23.1 Å². The highest BCUT2D eigenvalue weighted by molar-refractivity contribution is 6.30. The third kappa shape index (κ3) is 16.5. The van der Waals surface area contributed by atoms with Crippen molar-refractivity contribution in [3.05, 3.63) is 65.0 Å². The molecular weight excluding hydrogens is 804 g/mol. The van der Waals surface area contributed by atoms with Gasteiger partial charge in [-0.15, -0.1) is 0 Å². The Labute approximate surface area is 365 Å². The van der Waals surface area contributed by atoms with Crippen molar-refractivity contribution >= 4 is 35.8 Å². The quantitative estimate of drug-likeness (QED) is 0.0365. The molecule has 0 N–H and O–H groups in total. The van der Waals surface area contributed by atoms with Crippen molar-refractivity contribution in [2.24, 2.45) is 17.3 Å². The maximum atomic E-state index is 16.3. The molecule has 3 rings (SSSR count). The summed E-state index contributed by atoms with van der Waals surface area (Å²) < 4.78 is 52.7. The van der Waals surface area contributed by atoms with Gasteiger partial charge in [-0.3, -0.25) is 4.79 Å². The number of ether oxygens (including phenoxy) is 7. The van der Waals surface area contributed by atoms with Crippen molar-refractivity contribution in [3.63, 3.8) is 0 Å². The van der Waals surface area contributed by atoms with E-state index < -0.39 is 54.4 Å². The Bertz CT molecular complexity index is 1820. The second-order valence-electron chi connectivity index (χ2n) is 16.9. The van der Waals surface area contributed by atoms with E-state index in [1.807, 2.05) is 24.3 Å². The van der Waals surface area contributed by atoms with E-state index in [1.54, 1.807) is 33.8 Å². The van der Waals surface area contributed by atoms with Gasteiger partial charge in [-0.2, -0.15) is 0 Å². The van der Waals surface area contributed by atoms with Gasteiger partial charge in [0.2, 0.25) is 0 Å². The van der Waals surface area contributed by atoms with Gasteiger partial charge < -0.3 is 33.2 Å². The van der Waals surface area contributed by atoms with Gasteiger partial charge in [0.25, 0.3) is 0 Å². The predicted octanol–water partition coefficient (Wildman–Crippen LogP) is 8.35. The van der Waals surface area contributed by atoms with Gasteiger partial charge >= 0.3 is 35.8 Å². The van der Waals surface area contributed by atoms with E-state index in [2.05, 4.69) is 23.0 Å². The van der Waals surface area contributed by atoms with Crippen LogP contribution in [0.1, 0.15) is 121 Å². The molecule has 1 aliphatic rings. The van der Waals surface area contributed by atoms with Crippen LogP contribution < -0.4 is 4.74 Å². The fourth-order valence-electron chi connectivity index (χ4n) is 7.17. The number of methoxy groups -OCH3 is 2. The number of carbonyl (C=O) groups excluding carboxylic acids is 6. The van der Waals surface area contributed by atoms with Gasteiger partial charge in [0.1, 0.15) is 24.8 Å². The second kappa shape index (κ2) is 25.6. The molecule has 2 aromatic rings. The molecule has 0 aliphatic heterocycles. The number of unbranched alkanes of at least 4 members (excludes halogenated alkanes) is 2. The normalized spacial score (nSPS) is 15.0. The molecule has 0 amide bonds. The molecule has 0 bridgehead atoms. The lowest BCUT2D eigenvalue weighted by Crippen LogP contribution is -2.30. The van der Waals surface area contributed by atoms with Crippen molar-refractivity contribution in [3.8, 4) is 16.9 Å². The Morgan fingerprint density at radius 3 is 1.79 bits per heavy atom. The van der Waals surface area contributed by atoms with Crippen molar-refractivity contribution in [1.82, 2.24) is 0 Å². The van der Waals surface area contributed by atoms with E-state index in [1.165, 1.54) is 25.7 Å². The van der Waals surface area contributed by atoms with Crippen LogP contribution in [-0.2, 0) is 70.0 Å². The predicted molar refractivity (Wildman–Crippen MR) is 228 cm³/mol. The minimum atomic E-state index is -1.29. The monoisotopic (exact) mass is 868 g/mol. The first-order valence-electron chi connectivity index (χ1n) is 21.6. The lowest BCUT2D eigenvalue weighted by atomic mass is 9.77. The zero-order valence-electron chi connectivity index (χ0n) is 37.5. The van der Waals surface area contributed by atoms with E-state index >= 15 is 4.39 Å². The Kier molecular flexibility index (Phi) is 21.1. The molecule has 1 saturated carbocycles. The van der Waals surface area contributed by atoms with Crippen LogP contribution in [0.4, 0.5) is 4.39 Å². The average Bonchev–Trinajstić information content (AvgIpc) is 3.25. The second-order valence-corrected chi connectivity index (χ2v) is 16.9. The molecule has 0 saturated heterocycles. The lowest BCUT2D eigenvalue weighted by molar-refractivity contribution is -0.170. The van der Waals surface area contributed by atoms with Gasteiger partial charge in [-0.05, 0) is 131 Å². The highest BCUT2D eigenvalue weighted by Crippen LogP contribution is 2.40. The number of benzene rings is 2. The number of hydrogen-bond acceptors (Lipinski definition) is 13. The van der Waals surface area contributed by atoms with Crippen LogP contribution in [-0.4, -0.2) is 83.1 Å². The number of rotatable bonds is 22. The zero-order chi connectivity index (χ0) is 45.8. The molecule has 14 heteroatoms. The highest BCUT2D eigenvalue weighted by Gasteiger charge is 2.27. The van der Waals surface area contributed by atoms with E-state index in [0.717, 1.165) is 51.4 Å². The Hall–Kier alpha value is -5.27. The van der Waals surface area contributed by atoms with E-state index in [0.29, 0.717) is 53.7 Å². The molecule has 342 valence electrons. The largest absolute Gasteiger partial charge is 0.492 e. The molecule has 0 spiro atoms. The highest BCUT2D eigenvalue weighted by atomic mass is 19.1. The van der Waals surface area contributed by atoms with Crippen LogP contribution in [0.15, 0.2) is 42.5 Å². The molecule has 0 unspecified atom stereocenters. The third-order valence-corrected chi connectivity index (χ3v) is 10.8. The van der Waals surface area contributed by atoms with Crippen LogP contribution in [0.3, 0.4) is 0 Å². The average molecular weight is 869 g/mol. The van der Waals surface area contributed by atoms with Crippen LogP contribution >= 0.6 is 0 Å². The number of aryl methyl sites for hydroxylation is 2. The van der Waals surface area contributed by atoms with Crippen molar-refractivity contribution in [2.45, 2.75) is 118 Å². The fraction of sp³-hybridized carbons (Fsp3) is 0.583. The molecule has 1 aliphatic carbocycles. The molecular formula is C48H65FO13. The maximum Gasteiger partial charge on any atom is 0.417 e. The van der Waals surface area contributed by atoms with Crippen molar-refractivity contribution < 1.29 is 66.3 Å². The Morgan fingerprint density at radius 1 is 0.726 bits per heavy atom. The van der Waals surface area contributed by atoms with Crippen molar-refractivity contribution in [1.29, 1.82) is 0 Å². The molecule has 62 heavy (non-hydrogen) atoms. The SMILES string of the molecule is C=C(C)C(=O)OCCCc1cc(-c2ccc(C3CCC(CCCCC)CC3)cc2F)cc(CCCOC(=O)C(C)(C)C)c1OCC(COC(=O)C(=O)OC)COC(=O)C(=O)OC. The van der Waals surface area contributed by atoms with Gasteiger partial charge in [0.15, 0.2) is 0 Å². The first-order chi connectivity index (χ1) is 29.5. The molecule has 0 radical (unpaired) electrons. The third-order valence-electron chi connectivity index (χ3n) is 10.8. The first-order valence-corrected chi connectivity index (χ1v) is 21.6. The maximum absolute atomic E-state index is 16.3. The molecule has 0 heterocycles. The number of halogens is 1. The zero-order valence-corrected chi connectivity index (χ0v) is 37.5. The summed E-state index contributed by atoms with van der Waals surface area (Å²) >= 11 is 0. The van der Waals surface area contributed by atoms with Crippen LogP contribution in [0.5, 0.6) is 5.75 Å². The number of carbonyl (C=O) groups is 6. The summed E-state index contributed by atoms with van der Waals surface area (Å²) in [6.07, 6.45) is 10.6. The fourth-order valence-corrected chi connectivity index (χ4v) is 7.17. The van der Waals surface area contributed by atoms with Crippen LogP contribution in [0.25, 0.3) is 11.1 Å². The molecule has 2 aromatic carbocycles. The van der Waals surface area contributed by atoms with E-state index in [4.69, 9.17) is 23.7 Å². The summed E-state index contributed by atoms with van der Waals surface area (Å²) in [5.74, 6) is -5.89. The molecule has 0 atom stereocenters. The summed E-state index contributed by atoms with van der Waals surface area (Å²) in [4.78, 5) is 72.7. The van der Waals surface area contributed by atoms with Gasteiger partial charge in [0.05, 0.1) is 45.4 Å². The lowest BCUT2D eigenvalue weighted by Gasteiger charge is -2.29. The summed E-state index contributed by atoms with van der Waals surface area (Å²) in [5.41, 5.74) is 2.72. The minimum absolute atomic E-state index is 0.0486. The summed E-state index contributed by atoms with van der Waals surface area (Å²) in [6.45, 7) is 11.6. The first kappa shape index (κ1) is 51.1. The topological polar surface area (TPSA) is 167 Å². The molecule has 0 aromatic heterocycles. The number of hydrogen-bond donors (Lipinski definition) is 0. The number of esters is 6. The Balaban J connectivity index is 2.02. The van der Waals surface area contributed by atoms with E-state index in [9.17, 15) is 28.8 Å².